The van der Waals surface area contributed by atoms with Crippen molar-refractivity contribution in [2.75, 3.05) is 0 Å². The van der Waals surface area contributed by atoms with Gasteiger partial charge in [-0.05, 0) is 66.7 Å². The highest BCUT2D eigenvalue weighted by molar-refractivity contribution is 9.10. The van der Waals surface area contributed by atoms with Gasteiger partial charge < -0.3 is 20.0 Å². The number of rotatable bonds is 4. The van der Waals surface area contributed by atoms with Crippen LogP contribution < -0.4 is 16.3 Å². The van der Waals surface area contributed by atoms with Crippen molar-refractivity contribution in [1.29, 1.82) is 0 Å². The smallest absolute Gasteiger partial charge is 0.423 e. The zero-order chi connectivity index (χ0) is 40.0. The molecule has 8 nitrogen and oxygen atoms in total. The first-order chi connectivity index (χ1) is 28.3. The fraction of sp³-hybridized carbons (Fsp3) is 0. The van der Waals surface area contributed by atoms with Gasteiger partial charge in [0.15, 0.2) is 10.9 Å². The molecule has 0 saturated heterocycles. The van der Waals surface area contributed by atoms with E-state index in [-0.39, 0.29) is 10.9 Å². The van der Waals surface area contributed by atoms with E-state index in [9.17, 15) is 9.59 Å². The molecule has 0 amide bonds. The van der Waals surface area contributed by atoms with Gasteiger partial charge in [-0.1, -0.05) is 140 Å². The van der Waals surface area contributed by atoms with Crippen molar-refractivity contribution >= 4 is 72.1 Å². The molecule has 0 saturated carbocycles. The summed E-state index contributed by atoms with van der Waals surface area (Å²) in [4.78, 5) is 39.5. The zero-order valence-corrected chi connectivity index (χ0v) is 32.5. The molecule has 0 bridgehead atoms. The average molecular weight is 822 g/mol. The van der Waals surface area contributed by atoms with Crippen LogP contribution in [0.5, 0.6) is 0 Å². The molecule has 0 fully saturated rings. The van der Waals surface area contributed by atoms with E-state index in [4.69, 9.17) is 15.0 Å². The Morgan fingerprint density at radius 3 is 1.53 bits per heavy atom. The summed E-state index contributed by atoms with van der Waals surface area (Å²) in [5, 5.41) is 23.5. The highest BCUT2D eigenvalue weighted by atomic mass is 79.9. The van der Waals surface area contributed by atoms with Gasteiger partial charge in [0.25, 0.3) is 0 Å². The van der Waals surface area contributed by atoms with Crippen LogP contribution in [-0.2, 0) is 0 Å². The maximum atomic E-state index is 12.4. The summed E-state index contributed by atoms with van der Waals surface area (Å²) < 4.78 is 0.818. The monoisotopic (exact) mass is 820 g/mol. The van der Waals surface area contributed by atoms with Crippen molar-refractivity contribution in [2.45, 2.75) is 0 Å². The molecule has 0 aliphatic carbocycles. The quantitative estimate of drug-likeness (QED) is 0.131. The summed E-state index contributed by atoms with van der Waals surface area (Å²) >= 11 is 3.47. The number of nitrogens with one attached hydrogen (secondary N) is 2. The number of hydrogen-bond donors (Lipinski definition) is 4. The molecule has 10 rings (SSSR count). The first kappa shape index (κ1) is 37.9. The fourth-order valence-corrected chi connectivity index (χ4v) is 7.28. The van der Waals surface area contributed by atoms with E-state index in [1.807, 2.05) is 115 Å². The van der Waals surface area contributed by atoms with Crippen LogP contribution in [0.2, 0.25) is 0 Å². The summed E-state index contributed by atoms with van der Waals surface area (Å²) in [5.41, 5.74) is 7.39. The first-order valence-electron chi connectivity index (χ1n) is 18.5. The normalized spacial score (nSPS) is 10.8. The SMILES string of the molecule is O=c1cc[nH]c2nc(-c3ccccc3)c(-c3ccc4ccccc4c3)cc12.O=c1cc[nH]c2nc(-c3ccccc3)c(Br)cc12.OB(O)c1ccc2ccccc2c1. The molecule has 4 heterocycles. The molecule has 0 aliphatic heterocycles. The molecule has 0 spiro atoms. The summed E-state index contributed by atoms with van der Waals surface area (Å²) in [6, 6.07) is 54.5. The third-order valence-corrected chi connectivity index (χ3v) is 10.3. The van der Waals surface area contributed by atoms with Crippen molar-refractivity contribution < 1.29 is 10.0 Å². The number of hydrogen-bond acceptors (Lipinski definition) is 6. The van der Waals surface area contributed by atoms with Crippen molar-refractivity contribution in [3.8, 4) is 33.6 Å². The van der Waals surface area contributed by atoms with E-state index < -0.39 is 7.12 Å². The molecule has 58 heavy (non-hydrogen) atoms. The van der Waals surface area contributed by atoms with Crippen molar-refractivity contribution in [3.05, 3.63) is 207 Å². The number of nitrogens with zero attached hydrogens (tertiary/aromatic N) is 2. The first-order valence-corrected chi connectivity index (χ1v) is 19.3. The van der Waals surface area contributed by atoms with Crippen LogP contribution in [0, 0.1) is 0 Å². The lowest BCUT2D eigenvalue weighted by Crippen LogP contribution is -2.29. The maximum absolute atomic E-state index is 12.4. The van der Waals surface area contributed by atoms with Crippen LogP contribution in [0.25, 0.3) is 77.3 Å². The van der Waals surface area contributed by atoms with Gasteiger partial charge in [-0.15, -0.1) is 0 Å². The molecule has 4 aromatic heterocycles. The molecule has 4 N–H and O–H groups in total. The molecular weight excluding hydrogens is 787 g/mol. The predicted molar refractivity (Wildman–Crippen MR) is 240 cm³/mol. The highest BCUT2D eigenvalue weighted by Gasteiger charge is 2.14. The lowest BCUT2D eigenvalue weighted by atomic mass is 9.79. The Labute approximate surface area is 341 Å². The average Bonchev–Trinajstić information content (AvgIpc) is 3.27. The Kier molecular flexibility index (Phi) is 11.1. The molecule has 6 aromatic carbocycles. The van der Waals surface area contributed by atoms with Crippen molar-refractivity contribution in [3.63, 3.8) is 0 Å². The van der Waals surface area contributed by atoms with Gasteiger partial charge in [0.1, 0.15) is 11.3 Å². The minimum atomic E-state index is -1.38. The van der Waals surface area contributed by atoms with Crippen molar-refractivity contribution in [2.24, 2.45) is 0 Å². The van der Waals surface area contributed by atoms with Gasteiger partial charge in [0.05, 0.1) is 22.2 Å². The van der Waals surface area contributed by atoms with E-state index in [2.05, 4.69) is 61.2 Å². The minimum Gasteiger partial charge on any atom is -0.423 e. The topological polar surface area (TPSA) is 132 Å². The van der Waals surface area contributed by atoms with Crippen molar-refractivity contribution in [1.82, 2.24) is 19.9 Å². The van der Waals surface area contributed by atoms with E-state index >= 15 is 0 Å². The van der Waals surface area contributed by atoms with Gasteiger partial charge >= 0.3 is 7.12 Å². The van der Waals surface area contributed by atoms with E-state index in [1.54, 1.807) is 24.5 Å². The number of pyridine rings is 4. The number of fused-ring (bicyclic) bond motifs is 4. The Balaban J connectivity index is 0.000000131. The van der Waals surface area contributed by atoms with Crippen LogP contribution in [-0.4, -0.2) is 37.1 Å². The second kappa shape index (κ2) is 17.0. The standard InChI is InChI=1S/C24H16N2O.C14H9BrN2O.C10H9BO2/c27-22-12-13-25-24-21(22)15-20(23(26-24)17-7-2-1-3-8-17)19-11-10-16-6-4-5-9-18(16)14-19;15-11-8-10-12(18)6-7-16-14(10)17-13(11)9-4-2-1-3-5-9;12-11(13)10-6-5-8-3-1-2-4-9(8)7-10/h1-15H,(H,25,26,27);1-8H,(H,16,17,18);1-7,12-13H. The van der Waals surface area contributed by atoms with Crippen LogP contribution in [0.15, 0.2) is 196 Å². The molecule has 0 aliphatic rings. The molecule has 10 aromatic rings. The summed E-state index contributed by atoms with van der Waals surface area (Å²) in [6.45, 7) is 0. The van der Waals surface area contributed by atoms with Crippen LogP contribution in [0.1, 0.15) is 0 Å². The number of halogens is 1. The Bertz CT molecular complexity index is 3170. The summed E-state index contributed by atoms with van der Waals surface area (Å²) in [5.74, 6) is 0. The Morgan fingerprint density at radius 2 is 0.948 bits per heavy atom. The highest BCUT2D eigenvalue weighted by Crippen LogP contribution is 2.34. The molecule has 280 valence electrons. The second-order valence-electron chi connectivity index (χ2n) is 13.5. The lowest BCUT2D eigenvalue weighted by Gasteiger charge is -2.12. The Hall–Kier alpha value is -6.98. The largest absolute Gasteiger partial charge is 0.488 e. The third kappa shape index (κ3) is 8.26. The van der Waals surface area contributed by atoms with Gasteiger partial charge in [0.2, 0.25) is 0 Å². The van der Waals surface area contributed by atoms with E-state index in [0.717, 1.165) is 54.3 Å². The van der Waals surface area contributed by atoms with Gasteiger partial charge in [-0.3, -0.25) is 9.59 Å². The zero-order valence-electron chi connectivity index (χ0n) is 30.9. The van der Waals surface area contributed by atoms with E-state index in [0.29, 0.717) is 27.5 Å². The molecule has 0 unspecified atom stereocenters. The fourth-order valence-electron chi connectivity index (χ4n) is 6.73. The number of aromatic nitrogens is 4. The predicted octanol–water partition coefficient (Wildman–Crippen LogP) is 9.28. The summed E-state index contributed by atoms with van der Waals surface area (Å²) in [6.07, 6.45) is 3.25. The second-order valence-corrected chi connectivity index (χ2v) is 14.3. The summed E-state index contributed by atoms with van der Waals surface area (Å²) in [7, 11) is -1.38. The number of aromatic amines is 2. The number of benzene rings is 6. The molecule has 0 atom stereocenters. The number of H-pyrrole nitrogens is 2. The van der Waals surface area contributed by atoms with E-state index in [1.165, 1.54) is 17.5 Å². The molecule has 0 radical (unpaired) electrons. The van der Waals surface area contributed by atoms with Gasteiger partial charge in [-0.2, -0.15) is 0 Å². The van der Waals surface area contributed by atoms with Crippen LogP contribution in [0.4, 0.5) is 0 Å². The Morgan fingerprint density at radius 1 is 0.466 bits per heavy atom. The molecule has 10 heteroatoms. The van der Waals surface area contributed by atoms with Crippen LogP contribution >= 0.6 is 15.9 Å². The third-order valence-electron chi connectivity index (χ3n) is 9.67. The maximum Gasteiger partial charge on any atom is 0.488 e. The van der Waals surface area contributed by atoms with Gasteiger partial charge in [0, 0.05) is 45.7 Å². The van der Waals surface area contributed by atoms with Crippen LogP contribution in [0.3, 0.4) is 0 Å². The lowest BCUT2D eigenvalue weighted by molar-refractivity contribution is 0.426. The molecular formula is C48H34BBrN4O4. The minimum absolute atomic E-state index is 0.0297. The van der Waals surface area contributed by atoms with Gasteiger partial charge in [-0.25, -0.2) is 9.97 Å².